The summed E-state index contributed by atoms with van der Waals surface area (Å²) in [5.74, 6) is 1.40. The molecule has 0 saturated carbocycles. The standard InChI is InChI=1S/C22H35N7O2.HI/c1-7-22(8-2,28-20(30)31-21(3,4)5)16-26-19(23-6)25-15-17-10-12-24-18(14-17)29-13-9-11-27-29;/h9-14H,7-8,15-16H2,1-6H3,(H,28,30)(H2,23,25,26);1H. The Morgan fingerprint density at radius 1 is 1.19 bits per heavy atom. The quantitative estimate of drug-likeness (QED) is 0.260. The number of ether oxygens (including phenoxy) is 1. The first-order valence-electron chi connectivity index (χ1n) is 10.6. The van der Waals surface area contributed by atoms with Crippen LogP contribution in [0.25, 0.3) is 5.82 Å². The number of alkyl carbamates (subject to hydrolysis) is 1. The Balaban J connectivity index is 0.00000512. The van der Waals surface area contributed by atoms with Crippen molar-refractivity contribution in [3.05, 3.63) is 42.4 Å². The van der Waals surface area contributed by atoms with Crippen LogP contribution in [-0.4, -0.2) is 51.5 Å². The van der Waals surface area contributed by atoms with Crippen LogP contribution in [0.1, 0.15) is 53.0 Å². The highest BCUT2D eigenvalue weighted by Gasteiger charge is 2.30. The van der Waals surface area contributed by atoms with Gasteiger partial charge in [-0.25, -0.2) is 14.5 Å². The van der Waals surface area contributed by atoms with Crippen molar-refractivity contribution in [1.82, 2.24) is 30.7 Å². The summed E-state index contributed by atoms with van der Waals surface area (Å²) >= 11 is 0. The van der Waals surface area contributed by atoms with E-state index in [4.69, 9.17) is 4.74 Å². The number of pyridine rings is 1. The summed E-state index contributed by atoms with van der Waals surface area (Å²) in [6, 6.07) is 5.77. The van der Waals surface area contributed by atoms with E-state index in [0.29, 0.717) is 19.0 Å². The van der Waals surface area contributed by atoms with Gasteiger partial charge in [0.1, 0.15) is 5.60 Å². The minimum atomic E-state index is -0.540. The van der Waals surface area contributed by atoms with Crippen molar-refractivity contribution in [3.8, 4) is 5.82 Å². The predicted octanol–water partition coefficient (Wildman–Crippen LogP) is 3.63. The van der Waals surface area contributed by atoms with E-state index < -0.39 is 17.2 Å². The molecule has 0 aliphatic rings. The monoisotopic (exact) mass is 557 g/mol. The molecule has 10 heteroatoms. The number of nitrogens with zero attached hydrogens (tertiary/aromatic N) is 4. The summed E-state index contributed by atoms with van der Waals surface area (Å²) in [4.78, 5) is 21.0. The number of aromatic nitrogens is 3. The minimum Gasteiger partial charge on any atom is -0.444 e. The highest BCUT2D eigenvalue weighted by atomic mass is 127. The molecule has 0 aliphatic carbocycles. The number of guanidine groups is 1. The Morgan fingerprint density at radius 2 is 1.91 bits per heavy atom. The molecule has 0 spiro atoms. The lowest BCUT2D eigenvalue weighted by molar-refractivity contribution is 0.0448. The van der Waals surface area contributed by atoms with Gasteiger partial charge in [-0.3, -0.25) is 4.99 Å². The van der Waals surface area contributed by atoms with Gasteiger partial charge in [-0.1, -0.05) is 13.8 Å². The van der Waals surface area contributed by atoms with E-state index in [1.807, 2.05) is 59.0 Å². The molecular formula is C22H36IN7O2. The van der Waals surface area contributed by atoms with Gasteiger partial charge >= 0.3 is 6.09 Å². The smallest absolute Gasteiger partial charge is 0.408 e. The predicted molar refractivity (Wildman–Crippen MR) is 138 cm³/mol. The van der Waals surface area contributed by atoms with Crippen molar-refractivity contribution in [1.29, 1.82) is 0 Å². The van der Waals surface area contributed by atoms with Crippen molar-refractivity contribution < 1.29 is 9.53 Å². The molecule has 0 atom stereocenters. The number of carbonyl (C=O) groups excluding carboxylic acids is 1. The SMILES string of the molecule is CCC(CC)(CNC(=NC)NCc1ccnc(-n2cccn2)c1)NC(=O)OC(C)(C)C.I. The average molecular weight is 557 g/mol. The van der Waals surface area contributed by atoms with Gasteiger partial charge < -0.3 is 20.7 Å². The molecule has 1 amide bonds. The summed E-state index contributed by atoms with van der Waals surface area (Å²) in [6.07, 6.45) is 6.43. The van der Waals surface area contributed by atoms with Crippen molar-refractivity contribution >= 4 is 36.0 Å². The van der Waals surface area contributed by atoms with Gasteiger partial charge in [0.25, 0.3) is 0 Å². The van der Waals surface area contributed by atoms with E-state index in [0.717, 1.165) is 24.2 Å². The second-order valence-corrected chi connectivity index (χ2v) is 8.37. The number of rotatable bonds is 8. The Hall–Kier alpha value is -2.37. The molecule has 2 aromatic rings. The summed E-state index contributed by atoms with van der Waals surface area (Å²) in [5.41, 5.74) is 0.0683. The minimum absolute atomic E-state index is 0. The fourth-order valence-electron chi connectivity index (χ4n) is 3.00. The molecule has 9 nitrogen and oxygen atoms in total. The second-order valence-electron chi connectivity index (χ2n) is 8.37. The molecule has 3 N–H and O–H groups in total. The van der Waals surface area contributed by atoms with Crippen LogP contribution in [0.15, 0.2) is 41.8 Å². The first-order chi connectivity index (χ1) is 14.7. The Labute approximate surface area is 207 Å². The van der Waals surface area contributed by atoms with Crippen LogP contribution >= 0.6 is 24.0 Å². The molecule has 0 bridgehead atoms. The molecule has 2 rings (SSSR count). The van der Waals surface area contributed by atoms with Gasteiger partial charge in [0, 0.05) is 38.7 Å². The number of hydrogen-bond donors (Lipinski definition) is 3. The lowest BCUT2D eigenvalue weighted by atomic mass is 9.93. The number of amides is 1. The van der Waals surface area contributed by atoms with Crippen LogP contribution in [0, 0.1) is 0 Å². The molecule has 2 aromatic heterocycles. The zero-order chi connectivity index (χ0) is 22.9. The Kier molecular flexibility index (Phi) is 10.9. The van der Waals surface area contributed by atoms with Crippen molar-refractivity contribution in [2.45, 2.75) is 65.1 Å². The molecule has 0 unspecified atom stereocenters. The van der Waals surface area contributed by atoms with Gasteiger partial charge in [-0.15, -0.1) is 24.0 Å². The maximum Gasteiger partial charge on any atom is 0.408 e. The van der Waals surface area contributed by atoms with Gasteiger partial charge in [0.05, 0.1) is 5.54 Å². The highest BCUT2D eigenvalue weighted by molar-refractivity contribution is 14.0. The Morgan fingerprint density at radius 3 is 2.47 bits per heavy atom. The van der Waals surface area contributed by atoms with Crippen LogP contribution in [0.2, 0.25) is 0 Å². The molecule has 2 heterocycles. The maximum absolute atomic E-state index is 12.3. The van der Waals surface area contributed by atoms with Gasteiger partial charge in [0.2, 0.25) is 0 Å². The number of halogens is 1. The lowest BCUT2D eigenvalue weighted by Crippen LogP contribution is -2.57. The van der Waals surface area contributed by atoms with Crippen LogP contribution in [0.5, 0.6) is 0 Å². The second kappa shape index (κ2) is 12.6. The van der Waals surface area contributed by atoms with Gasteiger partial charge in [-0.05, 0) is 57.4 Å². The van der Waals surface area contributed by atoms with E-state index >= 15 is 0 Å². The van der Waals surface area contributed by atoms with Crippen molar-refractivity contribution in [2.75, 3.05) is 13.6 Å². The molecule has 178 valence electrons. The lowest BCUT2D eigenvalue weighted by Gasteiger charge is -2.34. The number of carbonyl (C=O) groups is 1. The third-order valence-electron chi connectivity index (χ3n) is 4.95. The zero-order valence-electron chi connectivity index (χ0n) is 19.8. The number of nitrogens with one attached hydrogen (secondary N) is 3. The van der Waals surface area contributed by atoms with Crippen LogP contribution in [0.4, 0.5) is 4.79 Å². The summed E-state index contributed by atoms with van der Waals surface area (Å²) in [6.45, 7) is 10.8. The normalized spacial score (nSPS) is 12.0. The molecule has 32 heavy (non-hydrogen) atoms. The maximum atomic E-state index is 12.3. The summed E-state index contributed by atoms with van der Waals surface area (Å²) in [5, 5.41) is 13.9. The van der Waals surface area contributed by atoms with E-state index in [-0.39, 0.29) is 24.0 Å². The number of aliphatic imine (C=N–C) groups is 1. The summed E-state index contributed by atoms with van der Waals surface area (Å²) < 4.78 is 7.16. The largest absolute Gasteiger partial charge is 0.444 e. The van der Waals surface area contributed by atoms with E-state index in [2.05, 4.69) is 31.0 Å². The van der Waals surface area contributed by atoms with Gasteiger partial charge in [0.15, 0.2) is 11.8 Å². The van der Waals surface area contributed by atoms with Crippen LogP contribution < -0.4 is 16.0 Å². The summed E-state index contributed by atoms with van der Waals surface area (Å²) in [7, 11) is 1.72. The van der Waals surface area contributed by atoms with Crippen molar-refractivity contribution in [2.24, 2.45) is 4.99 Å². The zero-order valence-corrected chi connectivity index (χ0v) is 22.1. The first-order valence-corrected chi connectivity index (χ1v) is 10.6. The topological polar surface area (TPSA) is 105 Å². The molecular weight excluding hydrogens is 521 g/mol. The molecule has 0 saturated heterocycles. The molecule has 0 fully saturated rings. The van der Waals surface area contributed by atoms with Crippen molar-refractivity contribution in [3.63, 3.8) is 0 Å². The third-order valence-corrected chi connectivity index (χ3v) is 4.95. The number of hydrogen-bond acceptors (Lipinski definition) is 5. The van der Waals surface area contributed by atoms with E-state index in [1.165, 1.54) is 0 Å². The first kappa shape index (κ1) is 27.7. The van der Waals surface area contributed by atoms with Crippen LogP contribution in [0.3, 0.4) is 0 Å². The molecule has 0 radical (unpaired) electrons. The van der Waals surface area contributed by atoms with E-state index in [9.17, 15) is 4.79 Å². The fourth-order valence-corrected chi connectivity index (χ4v) is 3.00. The third kappa shape index (κ3) is 8.64. The highest BCUT2D eigenvalue weighted by Crippen LogP contribution is 2.16. The molecule has 0 aromatic carbocycles. The molecule has 0 aliphatic heterocycles. The van der Waals surface area contributed by atoms with Crippen LogP contribution in [-0.2, 0) is 11.3 Å². The van der Waals surface area contributed by atoms with Gasteiger partial charge in [-0.2, -0.15) is 5.10 Å². The fraction of sp³-hybridized carbons (Fsp3) is 0.545. The van der Waals surface area contributed by atoms with E-state index in [1.54, 1.807) is 24.1 Å². The Bertz CT molecular complexity index is 859. The average Bonchev–Trinajstić information content (AvgIpc) is 3.27.